The van der Waals surface area contributed by atoms with Crippen molar-refractivity contribution >= 4 is 5.90 Å². The van der Waals surface area contributed by atoms with Gasteiger partial charge in [-0.3, -0.25) is 0 Å². The summed E-state index contributed by atoms with van der Waals surface area (Å²) >= 11 is 0. The van der Waals surface area contributed by atoms with E-state index < -0.39 is 105 Å². The van der Waals surface area contributed by atoms with Crippen LogP contribution in [0.5, 0.6) is 0 Å². The zero-order valence-electron chi connectivity index (χ0n) is 19.8. The Balaban J connectivity index is 1.42. The van der Waals surface area contributed by atoms with Gasteiger partial charge >= 0.3 is 0 Å². The molecular weight excluding hydrogens is 490 g/mol. The van der Waals surface area contributed by atoms with Gasteiger partial charge in [-0.15, -0.1) is 0 Å². The van der Waals surface area contributed by atoms with Crippen molar-refractivity contribution in [1.29, 1.82) is 0 Å². The number of nitrogens with zero attached hydrogens (tertiary/aromatic N) is 1. The van der Waals surface area contributed by atoms with Crippen LogP contribution in [0.3, 0.4) is 0 Å². The van der Waals surface area contributed by atoms with Gasteiger partial charge in [0, 0.05) is 6.92 Å². The Kier molecular flexibility index (Phi) is 8.83. The molecule has 4 aliphatic heterocycles. The first kappa shape index (κ1) is 28.0. The lowest BCUT2D eigenvalue weighted by Gasteiger charge is -2.45. The van der Waals surface area contributed by atoms with Gasteiger partial charge in [0.2, 0.25) is 6.29 Å². The van der Waals surface area contributed by atoms with Gasteiger partial charge in [0.25, 0.3) is 0 Å². The van der Waals surface area contributed by atoms with E-state index in [1.807, 2.05) is 0 Å². The van der Waals surface area contributed by atoms with Crippen LogP contribution in [0.25, 0.3) is 0 Å². The second-order valence-electron chi connectivity index (χ2n) is 9.34. The molecule has 3 saturated heterocycles. The first-order chi connectivity index (χ1) is 17.1. The van der Waals surface area contributed by atoms with E-state index in [1.165, 1.54) is 0 Å². The molecule has 0 aromatic rings. The normalized spacial score (nSPS) is 51.4. The zero-order chi connectivity index (χ0) is 26.3. The number of hydrogen-bond donors (Lipinski definition) is 8. The molecule has 0 aromatic heterocycles. The van der Waals surface area contributed by atoms with Crippen LogP contribution in [0.15, 0.2) is 4.99 Å². The van der Waals surface area contributed by atoms with Crippen molar-refractivity contribution in [1.82, 2.24) is 0 Å². The van der Waals surface area contributed by atoms with Crippen LogP contribution < -0.4 is 0 Å². The third kappa shape index (κ3) is 5.26. The Morgan fingerprint density at radius 2 is 1.36 bits per heavy atom. The number of rotatable bonds is 7. The largest absolute Gasteiger partial charge is 0.450 e. The van der Waals surface area contributed by atoms with Crippen molar-refractivity contribution in [2.75, 3.05) is 13.2 Å². The van der Waals surface area contributed by atoms with E-state index in [0.29, 0.717) is 6.42 Å². The van der Waals surface area contributed by atoms with E-state index in [-0.39, 0.29) is 5.90 Å². The summed E-state index contributed by atoms with van der Waals surface area (Å²) in [4.78, 5) is 4.15. The van der Waals surface area contributed by atoms with E-state index >= 15 is 0 Å². The standard InChI is InChI=1S/C21H35NO14/c1-3-7-11(24)14(27)16(29)20(33-7)31-5-9-12(25)15(28)17(30)21(35-9)36-18-8(4-23)34-19-10(13(18)26)22-6(2)32-19/h7-21,23-30H,3-5H2,1-2H3/t7?,8?,9?,10?,11-,12-,13-,14+,15+,16?,17?,18-,19+,20+,21+/m1/s1. The average molecular weight is 526 g/mol. The number of ether oxygens (including phenoxy) is 6. The van der Waals surface area contributed by atoms with E-state index in [1.54, 1.807) is 13.8 Å². The monoisotopic (exact) mass is 525 g/mol. The maximum absolute atomic E-state index is 10.8. The Morgan fingerprint density at radius 3 is 2.00 bits per heavy atom. The molecule has 208 valence electrons. The quantitative estimate of drug-likeness (QED) is 0.156. The molecule has 15 atom stereocenters. The number of aliphatic hydroxyl groups excluding tert-OH is 8. The predicted octanol–water partition coefficient (Wildman–Crippen LogP) is -4.69. The molecule has 0 aliphatic carbocycles. The third-order valence-corrected chi connectivity index (χ3v) is 6.89. The maximum atomic E-state index is 10.8. The SMILES string of the molecule is CCC1O[C@H](OCC2O[C@@H](O[C@@H]3C(CO)O[C@@H]4OC(C)=NC4[C@H]3O)C(O)[C@@H](O)[C@@H]2O)C(O)[C@@H](O)[C@@H]1O. The highest BCUT2D eigenvalue weighted by Crippen LogP contribution is 2.33. The fourth-order valence-corrected chi connectivity index (χ4v) is 4.77. The van der Waals surface area contributed by atoms with Crippen LogP contribution in [0.2, 0.25) is 0 Å². The highest BCUT2D eigenvalue weighted by atomic mass is 16.8. The second kappa shape index (κ2) is 11.4. The lowest BCUT2D eigenvalue weighted by atomic mass is 9.96. The molecule has 0 saturated carbocycles. The first-order valence-electron chi connectivity index (χ1n) is 11.9. The lowest BCUT2D eigenvalue weighted by molar-refractivity contribution is -0.352. The summed E-state index contributed by atoms with van der Waals surface area (Å²) in [5, 5.41) is 82.0. The zero-order valence-corrected chi connectivity index (χ0v) is 19.8. The van der Waals surface area contributed by atoms with Gasteiger partial charge in [0.1, 0.15) is 67.1 Å². The Labute approximate surface area is 206 Å². The fourth-order valence-electron chi connectivity index (χ4n) is 4.77. The van der Waals surface area contributed by atoms with Gasteiger partial charge in [-0.2, -0.15) is 0 Å². The maximum Gasteiger partial charge on any atom is 0.227 e. The van der Waals surface area contributed by atoms with E-state index in [4.69, 9.17) is 28.4 Å². The average Bonchev–Trinajstić information content (AvgIpc) is 3.24. The van der Waals surface area contributed by atoms with Crippen LogP contribution in [0, 0.1) is 0 Å². The van der Waals surface area contributed by atoms with Crippen LogP contribution in [-0.2, 0) is 28.4 Å². The van der Waals surface area contributed by atoms with E-state index in [2.05, 4.69) is 4.99 Å². The fraction of sp³-hybridized carbons (Fsp3) is 0.952. The van der Waals surface area contributed by atoms with Gasteiger partial charge in [0.05, 0.1) is 19.3 Å². The molecular formula is C21H35NO14. The van der Waals surface area contributed by atoms with Gasteiger partial charge in [-0.1, -0.05) is 6.92 Å². The highest BCUT2D eigenvalue weighted by molar-refractivity contribution is 5.75. The summed E-state index contributed by atoms with van der Waals surface area (Å²) in [5.74, 6) is 0.279. The minimum absolute atomic E-state index is 0.279. The Hall–Kier alpha value is -1.05. The minimum Gasteiger partial charge on any atom is -0.450 e. The minimum atomic E-state index is -1.75. The summed E-state index contributed by atoms with van der Waals surface area (Å²) in [6, 6.07) is -0.855. The topological polar surface area (TPSA) is 230 Å². The molecule has 0 bridgehead atoms. The van der Waals surface area contributed by atoms with Crippen molar-refractivity contribution in [3.05, 3.63) is 0 Å². The summed E-state index contributed by atoms with van der Waals surface area (Å²) in [5.41, 5.74) is 0. The van der Waals surface area contributed by atoms with Gasteiger partial charge in [-0.05, 0) is 6.42 Å². The molecule has 15 heteroatoms. The molecule has 36 heavy (non-hydrogen) atoms. The first-order valence-corrected chi connectivity index (χ1v) is 11.9. The van der Waals surface area contributed by atoms with Crippen LogP contribution in [-0.4, -0.2) is 152 Å². The molecule has 8 N–H and O–H groups in total. The predicted molar refractivity (Wildman–Crippen MR) is 114 cm³/mol. The highest BCUT2D eigenvalue weighted by Gasteiger charge is 2.53. The van der Waals surface area contributed by atoms with Crippen molar-refractivity contribution in [3.8, 4) is 0 Å². The van der Waals surface area contributed by atoms with Crippen molar-refractivity contribution in [2.24, 2.45) is 4.99 Å². The summed E-state index contributed by atoms with van der Waals surface area (Å²) in [7, 11) is 0. The van der Waals surface area contributed by atoms with Crippen molar-refractivity contribution < 1.29 is 69.3 Å². The second-order valence-corrected chi connectivity index (χ2v) is 9.34. The number of fused-ring (bicyclic) bond motifs is 1. The lowest BCUT2D eigenvalue weighted by Crippen LogP contribution is -2.64. The molecule has 3 fully saturated rings. The van der Waals surface area contributed by atoms with Crippen molar-refractivity contribution in [3.63, 3.8) is 0 Å². The summed E-state index contributed by atoms with van der Waals surface area (Å²) in [6.07, 6.45) is -18.9. The molecule has 4 heterocycles. The Bertz CT molecular complexity index is 771. The molecule has 0 amide bonds. The molecule has 6 unspecified atom stereocenters. The number of aliphatic hydroxyl groups is 8. The Morgan fingerprint density at radius 1 is 0.750 bits per heavy atom. The van der Waals surface area contributed by atoms with Crippen LogP contribution in [0.1, 0.15) is 20.3 Å². The molecule has 4 aliphatic rings. The number of aliphatic imine (C=N–C) groups is 1. The van der Waals surface area contributed by atoms with Crippen LogP contribution >= 0.6 is 0 Å². The van der Waals surface area contributed by atoms with Gasteiger partial charge in [-0.25, -0.2) is 4.99 Å². The summed E-state index contributed by atoms with van der Waals surface area (Å²) in [6.45, 7) is 2.24. The molecule has 4 rings (SSSR count). The number of hydrogen-bond acceptors (Lipinski definition) is 15. The summed E-state index contributed by atoms with van der Waals surface area (Å²) < 4.78 is 33.3. The smallest absolute Gasteiger partial charge is 0.227 e. The molecule has 15 nitrogen and oxygen atoms in total. The van der Waals surface area contributed by atoms with E-state index in [0.717, 1.165) is 0 Å². The van der Waals surface area contributed by atoms with Gasteiger partial charge in [0.15, 0.2) is 18.5 Å². The molecule has 0 spiro atoms. The van der Waals surface area contributed by atoms with E-state index in [9.17, 15) is 40.9 Å². The van der Waals surface area contributed by atoms with Crippen LogP contribution in [0.4, 0.5) is 0 Å². The van der Waals surface area contributed by atoms with Gasteiger partial charge < -0.3 is 69.3 Å². The van der Waals surface area contributed by atoms with Crippen molar-refractivity contribution in [2.45, 2.75) is 112 Å². The molecule has 0 aromatic carbocycles. The third-order valence-electron chi connectivity index (χ3n) is 6.89. The molecule has 0 radical (unpaired) electrons.